The number of carboxylic acids is 5. The molecule has 0 aliphatic heterocycles. The van der Waals surface area contributed by atoms with E-state index in [0.717, 1.165) is 0 Å². The molecule has 0 aromatic heterocycles. The molecule has 0 bridgehead atoms. The Kier molecular flexibility index (Phi) is 3.21. The molecule has 19 heavy (non-hydrogen) atoms. The maximum Gasteiger partial charge on any atom is 0.322 e. The van der Waals surface area contributed by atoms with Crippen molar-refractivity contribution in [3.05, 3.63) is 0 Å². The van der Waals surface area contributed by atoms with Gasteiger partial charge in [-0.2, -0.15) is 0 Å². The highest BCUT2D eigenvalue weighted by atomic mass is 16.4. The average Bonchev–Trinajstić information content (AvgIpc) is 2.12. The van der Waals surface area contributed by atoms with E-state index in [1.54, 1.807) is 0 Å². The number of carbonyl (C=O) groups is 5. The van der Waals surface area contributed by atoms with Crippen LogP contribution in [0.25, 0.3) is 0 Å². The van der Waals surface area contributed by atoms with Crippen molar-refractivity contribution in [2.45, 2.75) is 0 Å². The second-order valence-corrected chi connectivity index (χ2v) is 3.98. The molecule has 10 heteroatoms. The Morgan fingerprint density at radius 1 is 0.632 bits per heavy atom. The summed E-state index contributed by atoms with van der Waals surface area (Å²) in [7, 11) is 0. The molecule has 1 rings (SSSR count). The normalized spacial score (nSPS) is 27.9. The Bertz CT molecular complexity index is 453. The minimum absolute atomic E-state index is 1.88. The van der Waals surface area contributed by atoms with Gasteiger partial charge in [-0.15, -0.1) is 0 Å². The Hall–Kier alpha value is -2.65. The highest BCUT2D eigenvalue weighted by Gasteiger charge is 2.79. The first-order valence-corrected chi connectivity index (χ1v) is 4.75. The van der Waals surface area contributed by atoms with E-state index in [9.17, 15) is 24.0 Å². The second kappa shape index (κ2) is 4.23. The maximum absolute atomic E-state index is 11.0. The number of carboxylic acid groups (broad SMARTS) is 5. The van der Waals surface area contributed by atoms with Crippen LogP contribution in [0.2, 0.25) is 0 Å². The summed E-state index contributed by atoms with van der Waals surface area (Å²) in [5, 5.41) is 44.1. The summed E-state index contributed by atoms with van der Waals surface area (Å²) in [6.45, 7) is 0. The molecule has 1 saturated carbocycles. The molecule has 5 N–H and O–H groups in total. The molecule has 10 nitrogen and oxygen atoms in total. The summed E-state index contributed by atoms with van der Waals surface area (Å²) in [4.78, 5) is 54.7. The first kappa shape index (κ1) is 14.4. The van der Waals surface area contributed by atoms with Gasteiger partial charge in [0.25, 0.3) is 0 Å². The van der Waals surface area contributed by atoms with Gasteiger partial charge in [0, 0.05) is 0 Å². The summed E-state index contributed by atoms with van der Waals surface area (Å²) in [5.74, 6) is -17.1. The lowest BCUT2D eigenvalue weighted by Gasteiger charge is -2.49. The fourth-order valence-corrected chi connectivity index (χ4v) is 2.44. The van der Waals surface area contributed by atoms with E-state index in [-0.39, 0.29) is 0 Å². The summed E-state index contributed by atoms with van der Waals surface area (Å²) in [5.41, 5.74) is -3.19. The van der Waals surface area contributed by atoms with Crippen molar-refractivity contribution in [1.29, 1.82) is 0 Å². The van der Waals surface area contributed by atoms with Crippen molar-refractivity contribution in [3.63, 3.8) is 0 Å². The molecule has 0 heterocycles. The molecule has 0 spiro atoms. The van der Waals surface area contributed by atoms with Gasteiger partial charge in [-0.1, -0.05) is 0 Å². The number of hydrogen-bond acceptors (Lipinski definition) is 5. The molecule has 0 aromatic carbocycles. The lowest BCUT2D eigenvalue weighted by Crippen LogP contribution is -2.71. The minimum Gasteiger partial charge on any atom is -0.481 e. The van der Waals surface area contributed by atoms with Crippen molar-refractivity contribution in [1.82, 2.24) is 0 Å². The minimum atomic E-state index is -3.19. The highest BCUT2D eigenvalue weighted by Crippen LogP contribution is 2.57. The van der Waals surface area contributed by atoms with Crippen LogP contribution in [0.15, 0.2) is 0 Å². The standard InChI is InChI=1S/C9H8O10/c10-4(11)1-2(5(12)13)9(7(16)17,8(18)19)3(1)6(14)15/h1-3H,(H,10,11)(H,12,13)(H,14,15)(H,16,17)(H,18,19). The van der Waals surface area contributed by atoms with Crippen molar-refractivity contribution >= 4 is 29.8 Å². The molecule has 1 fully saturated rings. The molecule has 0 radical (unpaired) electrons. The Morgan fingerprint density at radius 2 is 0.947 bits per heavy atom. The van der Waals surface area contributed by atoms with E-state index in [0.29, 0.717) is 0 Å². The predicted octanol–water partition coefficient (Wildman–Crippen LogP) is -1.74. The summed E-state index contributed by atoms with van der Waals surface area (Å²) in [6.07, 6.45) is 0. The van der Waals surface area contributed by atoms with Crippen LogP contribution >= 0.6 is 0 Å². The molecule has 1 aliphatic rings. The third-order valence-corrected chi connectivity index (χ3v) is 3.22. The Morgan fingerprint density at radius 3 is 1.11 bits per heavy atom. The molecule has 0 aromatic rings. The molecule has 104 valence electrons. The zero-order valence-electron chi connectivity index (χ0n) is 9.01. The maximum atomic E-state index is 11.0. The van der Waals surface area contributed by atoms with Crippen molar-refractivity contribution in [2.75, 3.05) is 0 Å². The van der Waals surface area contributed by atoms with E-state index < -0.39 is 53.0 Å². The van der Waals surface area contributed by atoms with E-state index in [2.05, 4.69) is 0 Å². The molecule has 0 saturated heterocycles. The largest absolute Gasteiger partial charge is 0.481 e. The first-order valence-electron chi connectivity index (χ1n) is 4.75. The molecule has 1 aliphatic carbocycles. The van der Waals surface area contributed by atoms with Gasteiger partial charge in [-0.25, -0.2) is 0 Å². The van der Waals surface area contributed by atoms with Crippen LogP contribution in [0.5, 0.6) is 0 Å². The summed E-state index contributed by atoms with van der Waals surface area (Å²) >= 11 is 0. The Labute approximate surface area is 103 Å². The van der Waals surface area contributed by atoms with Gasteiger partial charge >= 0.3 is 29.8 Å². The zero-order chi connectivity index (χ0) is 15.1. The molecule has 2 unspecified atom stereocenters. The van der Waals surface area contributed by atoms with Crippen molar-refractivity contribution in [3.8, 4) is 0 Å². The lowest BCUT2D eigenvalue weighted by molar-refractivity contribution is -0.219. The number of rotatable bonds is 5. The van der Waals surface area contributed by atoms with Crippen LogP contribution in [0.3, 0.4) is 0 Å². The van der Waals surface area contributed by atoms with E-state index in [4.69, 9.17) is 25.5 Å². The fourth-order valence-electron chi connectivity index (χ4n) is 2.44. The van der Waals surface area contributed by atoms with E-state index >= 15 is 0 Å². The van der Waals surface area contributed by atoms with Gasteiger partial charge in [0.2, 0.25) is 0 Å². The summed E-state index contributed by atoms with van der Waals surface area (Å²) in [6, 6.07) is 0. The molecule has 0 amide bonds. The predicted molar refractivity (Wildman–Crippen MR) is 51.1 cm³/mol. The van der Waals surface area contributed by atoms with Crippen LogP contribution < -0.4 is 0 Å². The molecular formula is C9H8O10. The van der Waals surface area contributed by atoms with Crippen molar-refractivity contribution < 1.29 is 49.5 Å². The van der Waals surface area contributed by atoms with Gasteiger partial charge in [0.05, 0.1) is 17.8 Å². The van der Waals surface area contributed by atoms with Gasteiger partial charge in [0.15, 0.2) is 5.41 Å². The molecular weight excluding hydrogens is 268 g/mol. The number of aliphatic carboxylic acids is 5. The van der Waals surface area contributed by atoms with Crippen LogP contribution in [0.1, 0.15) is 0 Å². The van der Waals surface area contributed by atoms with Gasteiger partial charge < -0.3 is 25.5 Å². The van der Waals surface area contributed by atoms with Gasteiger partial charge in [0.1, 0.15) is 0 Å². The molecule has 2 atom stereocenters. The topological polar surface area (TPSA) is 186 Å². The third-order valence-electron chi connectivity index (χ3n) is 3.22. The van der Waals surface area contributed by atoms with E-state index in [1.165, 1.54) is 0 Å². The second-order valence-electron chi connectivity index (χ2n) is 3.98. The van der Waals surface area contributed by atoms with Gasteiger partial charge in [-0.05, 0) is 0 Å². The van der Waals surface area contributed by atoms with Crippen LogP contribution in [-0.2, 0) is 24.0 Å². The monoisotopic (exact) mass is 276 g/mol. The Balaban J connectivity index is 3.52. The third kappa shape index (κ3) is 1.60. The highest BCUT2D eigenvalue weighted by molar-refractivity contribution is 6.11. The van der Waals surface area contributed by atoms with Crippen LogP contribution in [-0.4, -0.2) is 55.4 Å². The zero-order valence-corrected chi connectivity index (χ0v) is 9.01. The average molecular weight is 276 g/mol. The fraction of sp³-hybridized carbons (Fsp3) is 0.444. The van der Waals surface area contributed by atoms with Gasteiger partial charge in [-0.3, -0.25) is 24.0 Å². The van der Waals surface area contributed by atoms with Crippen LogP contribution in [0, 0.1) is 23.2 Å². The lowest BCUT2D eigenvalue weighted by atomic mass is 9.46. The van der Waals surface area contributed by atoms with Crippen molar-refractivity contribution in [2.24, 2.45) is 23.2 Å². The van der Waals surface area contributed by atoms with E-state index in [1.807, 2.05) is 0 Å². The SMILES string of the molecule is O=C(O)C1C(C(=O)O)C(C(=O)O)(C(=O)O)C1C(=O)O. The summed E-state index contributed by atoms with van der Waals surface area (Å²) < 4.78 is 0. The first-order chi connectivity index (χ1) is 8.59. The smallest absolute Gasteiger partial charge is 0.322 e. The van der Waals surface area contributed by atoms with Crippen LogP contribution in [0.4, 0.5) is 0 Å². The number of hydrogen-bond donors (Lipinski definition) is 5. The quantitative estimate of drug-likeness (QED) is 0.360.